The molecule has 0 bridgehead atoms. The van der Waals surface area contributed by atoms with Gasteiger partial charge in [-0.3, -0.25) is 14.4 Å². The first-order valence-electron chi connectivity index (χ1n) is 11.4. The SMILES string of the molecule is O=C1[C@H]2[C@H](c3ccc(OCc4cccc(Cl)c4)cc3)c3sc(=O)[nH]c3S[C@H]2C(=O)N1c1ccc(Cl)cc1. The highest BCUT2D eigenvalue weighted by atomic mass is 35.5. The van der Waals surface area contributed by atoms with Crippen molar-refractivity contribution < 1.29 is 14.3 Å². The molecule has 3 heterocycles. The summed E-state index contributed by atoms with van der Waals surface area (Å²) < 4.78 is 5.92. The van der Waals surface area contributed by atoms with Crippen molar-refractivity contribution in [2.24, 2.45) is 5.92 Å². The van der Waals surface area contributed by atoms with Crippen LogP contribution in [0.2, 0.25) is 10.0 Å². The molecule has 2 aliphatic heterocycles. The number of hydrogen-bond acceptors (Lipinski definition) is 6. The van der Waals surface area contributed by atoms with Crippen molar-refractivity contribution >= 4 is 63.8 Å². The summed E-state index contributed by atoms with van der Waals surface area (Å²) in [6.07, 6.45) is 0. The first-order chi connectivity index (χ1) is 17.9. The molecule has 2 amide bonds. The van der Waals surface area contributed by atoms with E-state index >= 15 is 0 Å². The van der Waals surface area contributed by atoms with Crippen molar-refractivity contribution in [3.63, 3.8) is 0 Å². The Hall–Kier alpha value is -3.04. The monoisotopic (exact) mass is 568 g/mol. The van der Waals surface area contributed by atoms with E-state index in [4.69, 9.17) is 27.9 Å². The molecule has 186 valence electrons. The maximum Gasteiger partial charge on any atom is 0.305 e. The summed E-state index contributed by atoms with van der Waals surface area (Å²) in [4.78, 5) is 44.1. The van der Waals surface area contributed by atoms with E-state index < -0.39 is 17.1 Å². The number of benzene rings is 3. The molecule has 1 saturated heterocycles. The Kier molecular flexibility index (Phi) is 6.36. The predicted octanol–water partition coefficient (Wildman–Crippen LogP) is 6.12. The topological polar surface area (TPSA) is 79.5 Å². The molecule has 0 unspecified atom stereocenters. The molecule has 0 aliphatic carbocycles. The van der Waals surface area contributed by atoms with Crippen LogP contribution in [-0.4, -0.2) is 22.0 Å². The second-order valence-electron chi connectivity index (χ2n) is 8.73. The lowest BCUT2D eigenvalue weighted by Gasteiger charge is -2.29. The fourth-order valence-corrected chi connectivity index (χ4v) is 7.64. The molecular weight excluding hydrogens is 551 g/mol. The van der Waals surface area contributed by atoms with Crippen LogP contribution in [0.5, 0.6) is 5.75 Å². The average molecular weight is 569 g/mol. The summed E-state index contributed by atoms with van der Waals surface area (Å²) in [7, 11) is 0. The molecule has 3 atom stereocenters. The van der Waals surface area contributed by atoms with Gasteiger partial charge in [-0.05, 0) is 59.7 Å². The Morgan fingerprint density at radius 2 is 1.65 bits per heavy atom. The van der Waals surface area contributed by atoms with Crippen molar-refractivity contribution in [1.82, 2.24) is 4.98 Å². The normalized spacial score (nSPS) is 20.6. The van der Waals surface area contributed by atoms with Gasteiger partial charge in [0, 0.05) is 20.8 Å². The van der Waals surface area contributed by atoms with Gasteiger partial charge in [0.15, 0.2) is 0 Å². The summed E-state index contributed by atoms with van der Waals surface area (Å²) >= 11 is 14.4. The second-order valence-corrected chi connectivity index (χ2v) is 11.8. The van der Waals surface area contributed by atoms with Crippen LogP contribution in [0.4, 0.5) is 5.69 Å². The van der Waals surface area contributed by atoms with Crippen molar-refractivity contribution in [3.8, 4) is 5.75 Å². The summed E-state index contributed by atoms with van der Waals surface area (Å²) in [5.41, 5.74) is 2.26. The summed E-state index contributed by atoms with van der Waals surface area (Å²) in [6.45, 7) is 0.358. The van der Waals surface area contributed by atoms with Crippen LogP contribution in [0.15, 0.2) is 82.6 Å². The molecule has 2 aliphatic rings. The van der Waals surface area contributed by atoms with Gasteiger partial charge in [0.25, 0.3) is 0 Å². The smallest absolute Gasteiger partial charge is 0.305 e. The molecule has 37 heavy (non-hydrogen) atoms. The van der Waals surface area contributed by atoms with Gasteiger partial charge < -0.3 is 9.72 Å². The Bertz CT molecular complexity index is 1570. The number of imide groups is 1. The maximum absolute atomic E-state index is 13.7. The molecule has 1 fully saturated rings. The van der Waals surface area contributed by atoms with Crippen LogP contribution in [0.1, 0.15) is 21.9 Å². The van der Waals surface area contributed by atoms with Crippen LogP contribution in [-0.2, 0) is 16.2 Å². The van der Waals surface area contributed by atoms with Crippen LogP contribution < -0.4 is 14.5 Å². The third-order valence-corrected chi connectivity index (χ3v) is 9.33. The van der Waals surface area contributed by atoms with E-state index in [0.29, 0.717) is 33.1 Å². The van der Waals surface area contributed by atoms with E-state index in [0.717, 1.165) is 27.3 Å². The third-order valence-electron chi connectivity index (χ3n) is 6.44. The number of aromatic amines is 1. The number of nitrogens with zero attached hydrogens (tertiary/aromatic N) is 1. The number of rotatable bonds is 5. The molecule has 4 aromatic rings. The van der Waals surface area contributed by atoms with E-state index in [1.54, 1.807) is 24.3 Å². The number of thiazole rings is 1. The molecule has 6 nitrogen and oxygen atoms in total. The third kappa shape index (κ3) is 4.48. The number of anilines is 1. The van der Waals surface area contributed by atoms with E-state index in [2.05, 4.69) is 4.98 Å². The molecule has 0 radical (unpaired) electrons. The largest absolute Gasteiger partial charge is 0.489 e. The van der Waals surface area contributed by atoms with E-state index in [1.807, 2.05) is 48.5 Å². The first kappa shape index (κ1) is 24.3. The average Bonchev–Trinajstić information content (AvgIpc) is 3.38. The van der Waals surface area contributed by atoms with Crippen LogP contribution in [0.3, 0.4) is 0 Å². The van der Waals surface area contributed by atoms with Gasteiger partial charge in [0.05, 0.1) is 16.6 Å². The standard InChI is InChI=1S/C27H18Cl2N2O4S2/c28-16-6-8-18(9-7-16)31-25(32)21-20(22-24(30-27(34)37-22)36-23(21)26(31)33)15-4-10-19(11-5-15)35-13-14-2-1-3-17(29)12-14/h1-12,20-21,23H,13H2,(H,30,34)/t20-,21-,23+/m0/s1. The van der Waals surface area contributed by atoms with Gasteiger partial charge in [0.2, 0.25) is 11.8 Å². The van der Waals surface area contributed by atoms with E-state index in [-0.39, 0.29) is 16.7 Å². The fraction of sp³-hybridized carbons (Fsp3) is 0.148. The van der Waals surface area contributed by atoms with Crippen molar-refractivity contribution in [3.05, 3.63) is 109 Å². The number of hydrogen-bond donors (Lipinski definition) is 1. The van der Waals surface area contributed by atoms with Crippen LogP contribution in [0, 0.1) is 5.92 Å². The number of carbonyl (C=O) groups is 2. The van der Waals surface area contributed by atoms with Gasteiger partial charge >= 0.3 is 4.87 Å². The molecule has 3 aromatic carbocycles. The van der Waals surface area contributed by atoms with Crippen LogP contribution >= 0.6 is 46.3 Å². The Labute approximate surface area is 230 Å². The van der Waals surface area contributed by atoms with Gasteiger partial charge in [-0.25, -0.2) is 4.90 Å². The minimum Gasteiger partial charge on any atom is -0.489 e. The minimum atomic E-state index is -0.648. The maximum atomic E-state index is 13.7. The highest BCUT2D eigenvalue weighted by Crippen LogP contribution is 2.53. The predicted molar refractivity (Wildman–Crippen MR) is 146 cm³/mol. The molecule has 1 aromatic heterocycles. The minimum absolute atomic E-state index is 0.210. The summed E-state index contributed by atoms with van der Waals surface area (Å²) in [6, 6.07) is 21.6. The van der Waals surface area contributed by atoms with Crippen molar-refractivity contribution in [1.29, 1.82) is 0 Å². The molecule has 0 spiro atoms. The van der Waals surface area contributed by atoms with Crippen molar-refractivity contribution in [2.75, 3.05) is 4.90 Å². The first-order valence-corrected chi connectivity index (χ1v) is 13.8. The zero-order chi connectivity index (χ0) is 25.7. The number of H-pyrrole nitrogens is 1. The molecule has 1 N–H and O–H groups in total. The number of aromatic nitrogens is 1. The summed E-state index contributed by atoms with van der Waals surface area (Å²) in [5.74, 6) is -1.02. The zero-order valence-electron chi connectivity index (χ0n) is 19.0. The molecule has 10 heteroatoms. The Balaban J connectivity index is 1.32. The molecule has 0 saturated carbocycles. The van der Waals surface area contributed by atoms with E-state index in [9.17, 15) is 14.4 Å². The lowest BCUT2D eigenvalue weighted by molar-refractivity contribution is -0.122. The Morgan fingerprint density at radius 1 is 0.892 bits per heavy atom. The number of halogens is 2. The van der Waals surface area contributed by atoms with Gasteiger partial charge in [-0.2, -0.15) is 0 Å². The lowest BCUT2D eigenvalue weighted by Crippen LogP contribution is -2.32. The van der Waals surface area contributed by atoms with Crippen LogP contribution in [0.25, 0.3) is 0 Å². The fourth-order valence-electron chi connectivity index (χ4n) is 4.79. The number of ether oxygens (including phenoxy) is 1. The second kappa shape index (κ2) is 9.68. The highest BCUT2D eigenvalue weighted by molar-refractivity contribution is 8.00. The lowest BCUT2D eigenvalue weighted by atomic mass is 9.83. The molecule has 6 rings (SSSR count). The van der Waals surface area contributed by atoms with Gasteiger partial charge in [-0.15, -0.1) is 0 Å². The number of thioether (sulfide) groups is 1. The van der Waals surface area contributed by atoms with E-state index in [1.165, 1.54) is 16.7 Å². The van der Waals surface area contributed by atoms with Gasteiger partial charge in [0.1, 0.15) is 17.6 Å². The zero-order valence-corrected chi connectivity index (χ0v) is 22.2. The Morgan fingerprint density at radius 3 is 2.38 bits per heavy atom. The number of fused-ring (bicyclic) bond motifs is 2. The highest BCUT2D eigenvalue weighted by Gasteiger charge is 2.56. The number of carbonyl (C=O) groups excluding carboxylic acids is 2. The number of nitrogens with one attached hydrogen (secondary N) is 1. The molecular formula is C27H18Cl2N2O4S2. The quantitative estimate of drug-likeness (QED) is 0.293. The van der Waals surface area contributed by atoms with Gasteiger partial charge in [-0.1, -0.05) is 70.6 Å². The van der Waals surface area contributed by atoms with Crippen molar-refractivity contribution in [2.45, 2.75) is 22.8 Å². The number of amides is 2. The summed E-state index contributed by atoms with van der Waals surface area (Å²) in [5, 5.41) is 1.15.